The minimum atomic E-state index is -0.821. The summed E-state index contributed by atoms with van der Waals surface area (Å²) < 4.78 is 0. The van der Waals surface area contributed by atoms with Crippen molar-refractivity contribution in [2.24, 2.45) is 33.5 Å². The fourth-order valence-electron chi connectivity index (χ4n) is 12.0. The number of nitrogens with zero attached hydrogens (tertiary/aromatic N) is 1. The van der Waals surface area contributed by atoms with E-state index < -0.39 is 11.0 Å². The van der Waals surface area contributed by atoms with Crippen molar-refractivity contribution in [3.05, 3.63) is 81.2 Å². The summed E-state index contributed by atoms with van der Waals surface area (Å²) in [7, 11) is 0. The zero-order valence-corrected chi connectivity index (χ0v) is 27.7. The van der Waals surface area contributed by atoms with E-state index in [9.17, 15) is 15.0 Å². The molecular formula is C39H46N2O3S. The van der Waals surface area contributed by atoms with Crippen LogP contribution in [0.25, 0.3) is 10.9 Å². The molecule has 0 saturated heterocycles. The molecule has 5 nitrogen and oxygen atoms in total. The van der Waals surface area contributed by atoms with Gasteiger partial charge < -0.3 is 15.2 Å². The number of aliphatic hydroxyl groups is 2. The fraction of sp³-hybridized carbons (Fsp3) is 0.564. The number of aromatic nitrogens is 1. The molecule has 2 spiro atoms. The number of aliphatic hydroxyl groups excluding tert-OH is 1. The van der Waals surface area contributed by atoms with Crippen LogP contribution in [-0.4, -0.2) is 50.7 Å². The van der Waals surface area contributed by atoms with Crippen LogP contribution in [0.1, 0.15) is 84.6 Å². The molecule has 3 fully saturated rings. The van der Waals surface area contributed by atoms with Crippen LogP contribution in [0.5, 0.6) is 0 Å². The smallest absolute Gasteiger partial charge is 0.199 e. The van der Waals surface area contributed by atoms with E-state index in [1.807, 2.05) is 6.07 Å². The Hall–Kier alpha value is -2.51. The molecule has 3 aromatic rings. The number of benzene rings is 1. The Balaban J connectivity index is 1.10. The maximum atomic E-state index is 14.6. The molecule has 2 bridgehead atoms. The third-order valence-electron chi connectivity index (χ3n) is 14.4. The number of aryl methyl sites for hydroxylation is 1. The molecule has 10 rings (SSSR count). The molecule has 6 aliphatic carbocycles. The number of β-amino-alcohol motifs (C(OH)–C–C–N with tert-alkyl or cyclic N) is 1. The number of hydrogen-bond donors (Lipinski definition) is 3. The summed E-state index contributed by atoms with van der Waals surface area (Å²) in [5, 5.41) is 25.1. The van der Waals surface area contributed by atoms with Crippen molar-refractivity contribution in [1.82, 2.24) is 9.88 Å². The number of aromatic amines is 1. The average molecular weight is 623 g/mol. The number of thiophene rings is 1. The van der Waals surface area contributed by atoms with E-state index in [1.165, 1.54) is 22.2 Å². The molecule has 6 heteroatoms. The van der Waals surface area contributed by atoms with Gasteiger partial charge >= 0.3 is 0 Å². The van der Waals surface area contributed by atoms with Gasteiger partial charge in [0.05, 0.1) is 16.6 Å². The number of rotatable bonds is 4. The van der Waals surface area contributed by atoms with E-state index >= 15 is 0 Å². The third-order valence-corrected chi connectivity index (χ3v) is 15.4. The van der Waals surface area contributed by atoms with Gasteiger partial charge in [0.15, 0.2) is 5.78 Å². The molecule has 0 radical (unpaired) electrons. The van der Waals surface area contributed by atoms with Crippen LogP contribution in [-0.2, 0) is 13.0 Å². The van der Waals surface area contributed by atoms with Crippen LogP contribution >= 0.6 is 11.3 Å². The Morgan fingerprint density at radius 2 is 1.80 bits per heavy atom. The molecule has 1 aromatic carbocycles. The van der Waals surface area contributed by atoms with Gasteiger partial charge in [-0.25, -0.2) is 0 Å². The van der Waals surface area contributed by atoms with Gasteiger partial charge in [0.25, 0.3) is 0 Å². The first-order valence-electron chi connectivity index (χ1n) is 17.3. The topological polar surface area (TPSA) is 76.6 Å². The summed E-state index contributed by atoms with van der Waals surface area (Å²) in [6.07, 6.45) is 14.1. The molecule has 3 N–H and O–H groups in total. The number of fused-ring (bicyclic) bond motifs is 4. The molecule has 8 atom stereocenters. The zero-order valence-electron chi connectivity index (χ0n) is 26.9. The number of H-pyrrole nitrogens is 1. The maximum absolute atomic E-state index is 14.6. The molecule has 2 aromatic heterocycles. The van der Waals surface area contributed by atoms with Crippen molar-refractivity contribution in [2.75, 3.05) is 13.1 Å². The number of allylic oxidation sites excluding steroid dienone is 4. The van der Waals surface area contributed by atoms with Gasteiger partial charge in [-0.3, -0.25) is 9.69 Å². The highest BCUT2D eigenvalue weighted by molar-refractivity contribution is 7.14. The molecule has 0 amide bonds. The van der Waals surface area contributed by atoms with Crippen molar-refractivity contribution in [1.29, 1.82) is 0 Å². The predicted molar refractivity (Wildman–Crippen MR) is 179 cm³/mol. The quantitative estimate of drug-likeness (QED) is 0.210. The molecule has 3 saturated carbocycles. The highest BCUT2D eigenvalue weighted by Gasteiger charge is 2.74. The number of hydrogen-bond acceptors (Lipinski definition) is 5. The lowest BCUT2D eigenvalue weighted by Gasteiger charge is -2.71. The lowest BCUT2D eigenvalue weighted by Crippen LogP contribution is -2.67. The predicted octanol–water partition coefficient (Wildman–Crippen LogP) is 7.37. The highest BCUT2D eigenvalue weighted by atomic mass is 32.1. The number of para-hydroxylation sites is 1. The first-order valence-corrected chi connectivity index (χ1v) is 18.1. The van der Waals surface area contributed by atoms with E-state index in [4.69, 9.17) is 0 Å². The average Bonchev–Trinajstić information content (AvgIpc) is 3.69. The normalized spacial score (nSPS) is 41.8. The monoisotopic (exact) mass is 622 g/mol. The SMILES string of the molecule is Cc1ccc(C(=O)C2=C[C@@]34C=C[C@@]25[C@@H]2CC[C@@](O)(CN6CCc7c([nH]c8ccccc78)C6)[C@@]2(C)CC[C@@H]5[C@@]3(C)CCC(O)C4)s1. The lowest BCUT2D eigenvalue weighted by molar-refractivity contribution is -0.176. The fourth-order valence-corrected chi connectivity index (χ4v) is 12.9. The maximum Gasteiger partial charge on any atom is 0.199 e. The van der Waals surface area contributed by atoms with Gasteiger partial charge in [-0.15, -0.1) is 11.3 Å². The number of Topliss-reactive ketones (excluding diaryl/α,β-unsaturated/α-hetero) is 1. The van der Waals surface area contributed by atoms with Gasteiger partial charge in [0.1, 0.15) is 0 Å². The Bertz CT molecular complexity index is 1800. The van der Waals surface area contributed by atoms with Crippen molar-refractivity contribution >= 4 is 28.0 Å². The third kappa shape index (κ3) is 3.58. The molecular weight excluding hydrogens is 577 g/mol. The van der Waals surface area contributed by atoms with Crippen LogP contribution in [0.3, 0.4) is 0 Å². The number of ketones is 1. The van der Waals surface area contributed by atoms with Crippen LogP contribution in [0.15, 0.2) is 60.2 Å². The summed E-state index contributed by atoms with van der Waals surface area (Å²) in [6, 6.07) is 12.7. The minimum absolute atomic E-state index is 0.00292. The van der Waals surface area contributed by atoms with E-state index in [0.29, 0.717) is 18.9 Å². The summed E-state index contributed by atoms with van der Waals surface area (Å²) in [6.45, 7) is 9.36. The molecule has 45 heavy (non-hydrogen) atoms. The van der Waals surface area contributed by atoms with E-state index in [0.717, 1.165) is 73.4 Å². The molecule has 1 aliphatic heterocycles. The number of carbonyl (C=O) groups is 1. The van der Waals surface area contributed by atoms with Gasteiger partial charge in [0.2, 0.25) is 0 Å². The largest absolute Gasteiger partial charge is 0.393 e. The molecule has 3 heterocycles. The van der Waals surface area contributed by atoms with Gasteiger partial charge in [-0.1, -0.05) is 50.3 Å². The first kappa shape index (κ1) is 28.7. The van der Waals surface area contributed by atoms with Crippen molar-refractivity contribution < 1.29 is 15.0 Å². The molecule has 236 valence electrons. The van der Waals surface area contributed by atoms with Crippen LogP contribution in [0, 0.1) is 40.4 Å². The standard InChI is InChI=1S/C39H46N2O3S/c1-24-8-9-31(45-24)34(43)28-21-37-17-18-39(28)32(35(37,2)14-10-25(42)20-37)11-15-36(3)33(39)12-16-38(36,44)23-41-19-13-27-26-6-4-5-7-29(26)40-30(27)22-41/h4-9,17-18,21,25,32-33,40,42,44H,10-16,19-20,22-23H2,1-3H3/t25?,32-,33-,35-,36+,37+,38-,39-/m1/s1. The minimum Gasteiger partial charge on any atom is -0.393 e. The first-order chi connectivity index (χ1) is 21.5. The van der Waals surface area contributed by atoms with Gasteiger partial charge in [-0.2, -0.15) is 0 Å². The number of carbonyl (C=O) groups excluding carboxylic acids is 1. The molecule has 7 aliphatic rings. The van der Waals surface area contributed by atoms with Crippen LogP contribution in [0.4, 0.5) is 0 Å². The Kier molecular flexibility index (Phi) is 5.93. The Morgan fingerprint density at radius 3 is 2.62 bits per heavy atom. The summed E-state index contributed by atoms with van der Waals surface area (Å²) in [5.41, 5.74) is 3.09. The second-order valence-electron chi connectivity index (χ2n) is 16.1. The Labute approximate surface area is 270 Å². The zero-order chi connectivity index (χ0) is 31.0. The van der Waals surface area contributed by atoms with Gasteiger partial charge in [-0.05, 0) is 99.3 Å². The van der Waals surface area contributed by atoms with E-state index in [1.54, 1.807) is 11.3 Å². The Morgan fingerprint density at radius 1 is 1.02 bits per heavy atom. The van der Waals surface area contributed by atoms with Crippen molar-refractivity contribution in [3.63, 3.8) is 0 Å². The van der Waals surface area contributed by atoms with Gasteiger partial charge in [0, 0.05) is 62.9 Å². The number of nitrogens with one attached hydrogen (secondary N) is 1. The van der Waals surface area contributed by atoms with Crippen molar-refractivity contribution in [3.8, 4) is 0 Å². The van der Waals surface area contributed by atoms with Crippen LogP contribution in [0.2, 0.25) is 0 Å². The summed E-state index contributed by atoms with van der Waals surface area (Å²) in [5.74, 6) is 0.694. The summed E-state index contributed by atoms with van der Waals surface area (Å²) >= 11 is 1.60. The molecule has 1 unspecified atom stereocenters. The second-order valence-corrected chi connectivity index (χ2v) is 17.4. The lowest BCUT2D eigenvalue weighted by atomic mass is 9.32. The van der Waals surface area contributed by atoms with E-state index in [2.05, 4.69) is 79.2 Å². The van der Waals surface area contributed by atoms with Crippen LogP contribution < -0.4 is 0 Å². The van der Waals surface area contributed by atoms with Crippen molar-refractivity contribution in [2.45, 2.75) is 90.4 Å². The van der Waals surface area contributed by atoms with E-state index in [-0.39, 0.29) is 34.1 Å². The second kappa shape index (κ2) is 9.31. The summed E-state index contributed by atoms with van der Waals surface area (Å²) in [4.78, 5) is 22.8. The highest BCUT2D eigenvalue weighted by Crippen LogP contribution is 2.78.